The third-order valence-electron chi connectivity index (χ3n) is 2.87. The molecule has 5 heteroatoms. The number of methoxy groups -OCH3 is 1. The Morgan fingerprint density at radius 3 is 2.25 bits per heavy atom. The molecule has 0 saturated heterocycles. The normalized spacial score (nSPS) is 12.6. The minimum absolute atomic E-state index is 0.324. The Kier molecular flexibility index (Phi) is 9.87. The largest absolute Gasteiger partial charge is 0.382 e. The third-order valence-corrected chi connectivity index (χ3v) is 3.40. The van der Waals surface area contributed by atoms with Gasteiger partial charge >= 0.3 is 0 Å². The topological polar surface area (TPSA) is 39.7 Å². The van der Waals surface area contributed by atoms with Crippen molar-refractivity contribution in [2.24, 2.45) is 0 Å². The van der Waals surface area contributed by atoms with Gasteiger partial charge in [0.05, 0.1) is 33.0 Å². The summed E-state index contributed by atoms with van der Waals surface area (Å²) in [5.74, 6) is 0. The van der Waals surface area contributed by atoms with E-state index in [-0.39, 0.29) is 0 Å². The summed E-state index contributed by atoms with van der Waals surface area (Å²) in [6.45, 7) is 6.16. The second-order valence-electron chi connectivity index (χ2n) is 4.44. The molecule has 0 radical (unpaired) electrons. The van der Waals surface area contributed by atoms with E-state index in [9.17, 15) is 0 Å². The second-order valence-corrected chi connectivity index (χ2v) is 5.36. The van der Waals surface area contributed by atoms with Gasteiger partial charge < -0.3 is 19.5 Å². The van der Waals surface area contributed by atoms with E-state index in [4.69, 9.17) is 14.2 Å². The Balaban J connectivity index is 1.99. The number of nitrogens with one attached hydrogen (secondary N) is 1. The van der Waals surface area contributed by atoms with Gasteiger partial charge in [0.1, 0.15) is 0 Å². The fourth-order valence-electron chi connectivity index (χ4n) is 1.68. The zero-order chi connectivity index (χ0) is 14.6. The lowest BCUT2D eigenvalue weighted by atomic mass is 10.1. The third kappa shape index (κ3) is 7.97. The van der Waals surface area contributed by atoms with Crippen molar-refractivity contribution in [1.82, 2.24) is 5.32 Å². The fourth-order valence-corrected chi connectivity index (χ4v) is 1.95. The lowest BCUT2D eigenvalue weighted by Crippen LogP contribution is -2.24. The second kappa shape index (κ2) is 11.2. The number of ether oxygens (including phenoxy) is 3. The Labute approximate surface area is 129 Å². The molecule has 1 rings (SSSR count). The van der Waals surface area contributed by atoms with Crippen molar-refractivity contribution in [3.05, 3.63) is 34.3 Å². The van der Waals surface area contributed by atoms with Gasteiger partial charge in [0.15, 0.2) is 0 Å². The van der Waals surface area contributed by atoms with Crippen LogP contribution in [0.1, 0.15) is 18.5 Å². The Morgan fingerprint density at radius 1 is 1.00 bits per heavy atom. The van der Waals surface area contributed by atoms with E-state index < -0.39 is 0 Å². The van der Waals surface area contributed by atoms with E-state index in [0.29, 0.717) is 39.1 Å². The highest BCUT2D eigenvalue weighted by atomic mass is 79.9. The molecule has 0 bridgehead atoms. The predicted molar refractivity (Wildman–Crippen MR) is 84.1 cm³/mol. The Bertz CT molecular complexity index is 345. The van der Waals surface area contributed by atoms with Gasteiger partial charge in [-0.3, -0.25) is 0 Å². The summed E-state index contributed by atoms with van der Waals surface area (Å²) in [4.78, 5) is 0. The first-order chi connectivity index (χ1) is 9.74. The van der Waals surface area contributed by atoms with Crippen LogP contribution in [0.25, 0.3) is 0 Å². The quantitative estimate of drug-likeness (QED) is 0.626. The van der Waals surface area contributed by atoms with Gasteiger partial charge in [-0.2, -0.15) is 0 Å². The van der Waals surface area contributed by atoms with Gasteiger partial charge in [-0.1, -0.05) is 28.1 Å². The fraction of sp³-hybridized carbons (Fsp3) is 0.600. The van der Waals surface area contributed by atoms with E-state index in [1.807, 2.05) is 0 Å². The maximum absolute atomic E-state index is 5.48. The van der Waals surface area contributed by atoms with Crippen molar-refractivity contribution in [2.45, 2.75) is 13.0 Å². The summed E-state index contributed by atoms with van der Waals surface area (Å²) in [7, 11) is 1.66. The van der Waals surface area contributed by atoms with Gasteiger partial charge in [-0.05, 0) is 24.6 Å². The first kappa shape index (κ1) is 17.6. The molecule has 0 aliphatic rings. The van der Waals surface area contributed by atoms with Gasteiger partial charge in [-0.25, -0.2) is 0 Å². The summed E-state index contributed by atoms with van der Waals surface area (Å²) in [5, 5.41) is 3.43. The number of rotatable bonds is 11. The van der Waals surface area contributed by atoms with E-state index in [0.717, 1.165) is 11.0 Å². The highest BCUT2D eigenvalue weighted by Crippen LogP contribution is 2.16. The van der Waals surface area contributed by atoms with Gasteiger partial charge in [0, 0.05) is 24.2 Å². The molecular formula is C15H24BrNO3. The van der Waals surface area contributed by atoms with E-state index in [1.165, 1.54) is 5.56 Å². The van der Waals surface area contributed by atoms with Crippen molar-refractivity contribution >= 4 is 15.9 Å². The van der Waals surface area contributed by atoms with Crippen LogP contribution in [0, 0.1) is 0 Å². The molecule has 1 aromatic carbocycles. The molecule has 0 aliphatic heterocycles. The molecular weight excluding hydrogens is 322 g/mol. The summed E-state index contributed by atoms with van der Waals surface area (Å²) in [6, 6.07) is 8.67. The maximum atomic E-state index is 5.48. The lowest BCUT2D eigenvalue weighted by Gasteiger charge is -2.14. The molecule has 1 unspecified atom stereocenters. The van der Waals surface area contributed by atoms with Crippen LogP contribution in [-0.2, 0) is 14.2 Å². The zero-order valence-electron chi connectivity index (χ0n) is 12.2. The van der Waals surface area contributed by atoms with Crippen molar-refractivity contribution < 1.29 is 14.2 Å². The lowest BCUT2D eigenvalue weighted by molar-refractivity contribution is 0.0253. The average Bonchev–Trinajstić information content (AvgIpc) is 2.46. The summed E-state index contributed by atoms with van der Waals surface area (Å²) < 4.78 is 16.8. The molecule has 4 nitrogen and oxygen atoms in total. The maximum Gasteiger partial charge on any atom is 0.0701 e. The predicted octanol–water partition coefficient (Wildman–Crippen LogP) is 2.78. The minimum atomic E-state index is 0.324. The molecule has 0 spiro atoms. The first-order valence-electron chi connectivity index (χ1n) is 6.87. The van der Waals surface area contributed by atoms with Crippen molar-refractivity contribution in [3.8, 4) is 0 Å². The smallest absolute Gasteiger partial charge is 0.0701 e. The summed E-state index contributed by atoms with van der Waals surface area (Å²) in [6.07, 6.45) is 0. The van der Waals surface area contributed by atoms with Gasteiger partial charge in [-0.15, -0.1) is 0 Å². The monoisotopic (exact) mass is 345 g/mol. The highest BCUT2D eigenvalue weighted by Gasteiger charge is 2.03. The van der Waals surface area contributed by atoms with Crippen LogP contribution in [0.2, 0.25) is 0 Å². The van der Waals surface area contributed by atoms with Crippen molar-refractivity contribution in [1.29, 1.82) is 0 Å². The van der Waals surface area contributed by atoms with Crippen LogP contribution in [-0.4, -0.2) is 46.7 Å². The van der Waals surface area contributed by atoms with Crippen LogP contribution >= 0.6 is 15.9 Å². The minimum Gasteiger partial charge on any atom is -0.382 e. The highest BCUT2D eigenvalue weighted by molar-refractivity contribution is 9.10. The summed E-state index contributed by atoms with van der Waals surface area (Å²) in [5.41, 5.74) is 1.27. The van der Waals surface area contributed by atoms with Crippen LogP contribution in [0.15, 0.2) is 28.7 Å². The van der Waals surface area contributed by atoms with E-state index in [2.05, 4.69) is 52.4 Å². The average molecular weight is 346 g/mol. The number of hydrogen-bond acceptors (Lipinski definition) is 4. The molecule has 114 valence electrons. The Morgan fingerprint density at radius 2 is 1.60 bits per heavy atom. The molecule has 0 aromatic heterocycles. The van der Waals surface area contributed by atoms with Crippen molar-refractivity contribution in [2.75, 3.05) is 46.7 Å². The molecule has 0 fully saturated rings. The number of halogens is 1. The standard InChI is InChI=1S/C15H24BrNO3/c1-13(14-3-5-15(16)6-4-14)17-7-8-19-11-12-20-10-9-18-2/h3-6,13,17H,7-12H2,1-2H3. The van der Waals surface area contributed by atoms with Gasteiger partial charge in [0.25, 0.3) is 0 Å². The molecule has 0 amide bonds. The molecule has 0 aliphatic carbocycles. The molecule has 0 heterocycles. The van der Waals surface area contributed by atoms with E-state index in [1.54, 1.807) is 7.11 Å². The molecule has 20 heavy (non-hydrogen) atoms. The van der Waals surface area contributed by atoms with Crippen LogP contribution in [0.5, 0.6) is 0 Å². The summed E-state index contributed by atoms with van der Waals surface area (Å²) >= 11 is 3.44. The SMILES string of the molecule is COCCOCCOCCNC(C)c1ccc(Br)cc1. The van der Waals surface area contributed by atoms with Gasteiger partial charge in [0.2, 0.25) is 0 Å². The van der Waals surface area contributed by atoms with Crippen LogP contribution < -0.4 is 5.32 Å². The zero-order valence-corrected chi connectivity index (χ0v) is 13.8. The first-order valence-corrected chi connectivity index (χ1v) is 7.66. The number of hydrogen-bond donors (Lipinski definition) is 1. The van der Waals surface area contributed by atoms with E-state index >= 15 is 0 Å². The van der Waals surface area contributed by atoms with Crippen molar-refractivity contribution in [3.63, 3.8) is 0 Å². The molecule has 1 aromatic rings. The molecule has 1 atom stereocenters. The molecule has 1 N–H and O–H groups in total. The van der Waals surface area contributed by atoms with Crippen LogP contribution in [0.3, 0.4) is 0 Å². The number of benzene rings is 1. The van der Waals surface area contributed by atoms with Crippen LogP contribution in [0.4, 0.5) is 0 Å². The Hall–Kier alpha value is -0.460. The molecule has 0 saturated carbocycles.